The van der Waals surface area contributed by atoms with Gasteiger partial charge in [-0.05, 0) is 60.6 Å². The highest BCUT2D eigenvalue weighted by Crippen LogP contribution is 2.53. The Morgan fingerprint density at radius 1 is 1.00 bits per heavy atom. The van der Waals surface area contributed by atoms with E-state index in [4.69, 9.17) is 9.47 Å². The predicted octanol–water partition coefficient (Wildman–Crippen LogP) is 4.66. The van der Waals surface area contributed by atoms with Crippen LogP contribution in [-0.4, -0.2) is 29.5 Å². The maximum absolute atomic E-state index is 5.67. The molecule has 1 saturated carbocycles. The fourth-order valence-electron chi connectivity index (χ4n) is 5.57. The third-order valence-electron chi connectivity index (χ3n) is 6.68. The summed E-state index contributed by atoms with van der Waals surface area (Å²) in [6.07, 6.45) is 4.01. The fourth-order valence-corrected chi connectivity index (χ4v) is 6.84. The van der Waals surface area contributed by atoms with E-state index in [-0.39, 0.29) is 0 Å². The van der Waals surface area contributed by atoms with Crippen LogP contribution in [0.4, 0.5) is 0 Å². The SMILES string of the molecule is c1ccc(S[C@H]2CC[C@H]3[C@@H](C2)[C@H]2CN3Cc3cc4c(cc32)OCO4)cc1. The lowest BCUT2D eigenvalue weighted by molar-refractivity contribution is 0.173. The van der Waals surface area contributed by atoms with Crippen LogP contribution in [0, 0.1) is 5.92 Å². The second-order valence-corrected chi connectivity index (χ2v) is 9.41. The van der Waals surface area contributed by atoms with E-state index in [9.17, 15) is 0 Å². The lowest BCUT2D eigenvalue weighted by atomic mass is 9.76. The van der Waals surface area contributed by atoms with Crippen molar-refractivity contribution in [3.63, 3.8) is 0 Å². The van der Waals surface area contributed by atoms with Crippen molar-refractivity contribution in [3.05, 3.63) is 53.6 Å². The van der Waals surface area contributed by atoms with Crippen LogP contribution in [0.1, 0.15) is 36.3 Å². The Labute approximate surface area is 158 Å². The summed E-state index contributed by atoms with van der Waals surface area (Å²) in [4.78, 5) is 4.16. The first-order valence-corrected chi connectivity index (χ1v) is 10.6. The summed E-state index contributed by atoms with van der Waals surface area (Å²) in [6, 6.07) is 16.2. The molecule has 0 N–H and O–H groups in total. The van der Waals surface area contributed by atoms with Crippen LogP contribution in [0.5, 0.6) is 11.5 Å². The Kier molecular flexibility index (Phi) is 3.52. The highest BCUT2D eigenvalue weighted by molar-refractivity contribution is 8.00. The minimum atomic E-state index is 0.369. The lowest BCUT2D eigenvalue weighted by Gasteiger charge is -2.35. The number of fused-ring (bicyclic) bond motifs is 8. The van der Waals surface area contributed by atoms with Crippen LogP contribution in [0.15, 0.2) is 47.4 Å². The van der Waals surface area contributed by atoms with E-state index in [0.717, 1.165) is 35.3 Å². The molecule has 26 heavy (non-hydrogen) atoms. The van der Waals surface area contributed by atoms with Crippen molar-refractivity contribution < 1.29 is 9.47 Å². The molecule has 0 radical (unpaired) electrons. The van der Waals surface area contributed by atoms with Gasteiger partial charge in [0.25, 0.3) is 0 Å². The van der Waals surface area contributed by atoms with Gasteiger partial charge in [0.2, 0.25) is 6.79 Å². The largest absolute Gasteiger partial charge is 0.454 e. The first-order chi connectivity index (χ1) is 12.8. The molecule has 3 heterocycles. The molecule has 134 valence electrons. The quantitative estimate of drug-likeness (QED) is 0.772. The highest BCUT2D eigenvalue weighted by Gasteiger charge is 2.48. The molecule has 0 aromatic heterocycles. The maximum Gasteiger partial charge on any atom is 0.231 e. The number of benzene rings is 2. The van der Waals surface area contributed by atoms with Crippen molar-refractivity contribution >= 4 is 11.8 Å². The van der Waals surface area contributed by atoms with E-state index in [1.165, 1.54) is 41.8 Å². The van der Waals surface area contributed by atoms with Gasteiger partial charge in [0, 0.05) is 35.2 Å². The van der Waals surface area contributed by atoms with Gasteiger partial charge < -0.3 is 9.47 Å². The third-order valence-corrected chi connectivity index (χ3v) is 7.99. The minimum absolute atomic E-state index is 0.369. The monoisotopic (exact) mass is 365 g/mol. The lowest BCUT2D eigenvalue weighted by Crippen LogP contribution is -2.36. The summed E-state index contributed by atoms with van der Waals surface area (Å²) in [5, 5.41) is 0.747. The molecular formula is C22H23NO2S. The molecule has 4 aliphatic rings. The van der Waals surface area contributed by atoms with Crippen LogP contribution in [0.2, 0.25) is 0 Å². The van der Waals surface area contributed by atoms with Gasteiger partial charge in [0.1, 0.15) is 0 Å². The van der Waals surface area contributed by atoms with Gasteiger partial charge in [-0.25, -0.2) is 0 Å². The molecule has 2 bridgehead atoms. The Balaban J connectivity index is 1.28. The second-order valence-electron chi connectivity index (χ2n) is 8.04. The van der Waals surface area contributed by atoms with E-state index >= 15 is 0 Å². The Morgan fingerprint density at radius 2 is 1.85 bits per heavy atom. The summed E-state index contributed by atoms with van der Waals surface area (Å²) < 4.78 is 11.3. The van der Waals surface area contributed by atoms with E-state index in [1.54, 1.807) is 0 Å². The minimum Gasteiger partial charge on any atom is -0.454 e. The number of hydrogen-bond donors (Lipinski definition) is 0. The molecule has 0 amide bonds. The highest BCUT2D eigenvalue weighted by atomic mass is 32.2. The number of hydrogen-bond acceptors (Lipinski definition) is 4. The zero-order valence-electron chi connectivity index (χ0n) is 14.8. The van der Waals surface area contributed by atoms with Gasteiger partial charge in [-0.3, -0.25) is 4.90 Å². The van der Waals surface area contributed by atoms with Gasteiger partial charge in [-0.15, -0.1) is 11.8 Å². The molecule has 3 aliphatic heterocycles. The summed E-state index contributed by atoms with van der Waals surface area (Å²) in [7, 11) is 0. The smallest absolute Gasteiger partial charge is 0.231 e. The molecule has 1 aliphatic carbocycles. The average Bonchev–Trinajstić information content (AvgIpc) is 3.24. The number of ether oxygens (including phenoxy) is 2. The third kappa shape index (κ3) is 2.39. The Morgan fingerprint density at radius 3 is 2.73 bits per heavy atom. The Bertz CT molecular complexity index is 840. The molecule has 1 saturated heterocycles. The number of nitrogens with zero attached hydrogens (tertiary/aromatic N) is 1. The van der Waals surface area contributed by atoms with Crippen LogP contribution >= 0.6 is 11.8 Å². The van der Waals surface area contributed by atoms with Crippen molar-refractivity contribution in [1.29, 1.82) is 0 Å². The first-order valence-electron chi connectivity index (χ1n) is 9.73. The van der Waals surface area contributed by atoms with E-state index < -0.39 is 0 Å². The van der Waals surface area contributed by atoms with Gasteiger partial charge in [0.05, 0.1) is 0 Å². The average molecular weight is 365 g/mol. The van der Waals surface area contributed by atoms with Gasteiger partial charge >= 0.3 is 0 Å². The number of thioether (sulfide) groups is 1. The normalized spacial score (nSPS) is 33.6. The molecule has 3 nitrogen and oxygen atoms in total. The predicted molar refractivity (Wildman–Crippen MR) is 103 cm³/mol. The van der Waals surface area contributed by atoms with Crippen molar-refractivity contribution in [1.82, 2.24) is 4.90 Å². The molecule has 2 aromatic rings. The van der Waals surface area contributed by atoms with E-state index in [2.05, 4.69) is 59.1 Å². The molecule has 6 rings (SSSR count). The van der Waals surface area contributed by atoms with Crippen LogP contribution in [-0.2, 0) is 6.54 Å². The maximum atomic E-state index is 5.67. The van der Waals surface area contributed by atoms with Gasteiger partial charge in [-0.1, -0.05) is 18.2 Å². The van der Waals surface area contributed by atoms with Crippen LogP contribution in [0.25, 0.3) is 0 Å². The summed E-state index contributed by atoms with van der Waals surface area (Å²) in [6.45, 7) is 2.68. The summed E-state index contributed by atoms with van der Waals surface area (Å²) in [5.74, 6) is 3.34. The van der Waals surface area contributed by atoms with Gasteiger partial charge in [-0.2, -0.15) is 0 Å². The summed E-state index contributed by atoms with van der Waals surface area (Å²) >= 11 is 2.09. The molecule has 2 aromatic carbocycles. The first kappa shape index (κ1) is 15.4. The standard InChI is InChI=1S/C22H23NO2S/c1-2-4-15(5-3-1)26-16-6-7-20-18(9-16)19-12-23(20)11-14-8-21-22(10-17(14)19)25-13-24-21/h1-5,8,10,16,18-20H,6-7,9,11-13H2/t16-,18-,19-,20-/m0/s1. The van der Waals surface area contributed by atoms with Crippen LogP contribution in [0.3, 0.4) is 0 Å². The van der Waals surface area contributed by atoms with Crippen molar-refractivity contribution in [2.24, 2.45) is 5.92 Å². The molecule has 5 atom stereocenters. The molecule has 4 heteroatoms. The van der Waals surface area contributed by atoms with Crippen molar-refractivity contribution in [2.75, 3.05) is 13.3 Å². The fraction of sp³-hybridized carbons (Fsp3) is 0.455. The molecule has 2 fully saturated rings. The zero-order chi connectivity index (χ0) is 17.1. The molecular weight excluding hydrogens is 342 g/mol. The van der Waals surface area contributed by atoms with Gasteiger partial charge in [0.15, 0.2) is 11.5 Å². The second kappa shape index (κ2) is 5.93. The topological polar surface area (TPSA) is 21.7 Å². The molecule has 1 unspecified atom stereocenters. The Hall–Kier alpha value is -1.65. The molecule has 0 spiro atoms. The van der Waals surface area contributed by atoms with Crippen molar-refractivity contribution in [2.45, 2.75) is 47.9 Å². The summed E-state index contributed by atoms with van der Waals surface area (Å²) in [5.41, 5.74) is 3.00. The van der Waals surface area contributed by atoms with Crippen LogP contribution < -0.4 is 9.47 Å². The van der Waals surface area contributed by atoms with E-state index in [1.807, 2.05) is 0 Å². The number of rotatable bonds is 2. The zero-order valence-corrected chi connectivity index (χ0v) is 15.6. The van der Waals surface area contributed by atoms with E-state index in [0.29, 0.717) is 12.7 Å². The van der Waals surface area contributed by atoms with Crippen molar-refractivity contribution in [3.8, 4) is 11.5 Å².